The summed E-state index contributed by atoms with van der Waals surface area (Å²) in [6.07, 6.45) is 4.57. The van der Waals surface area contributed by atoms with Gasteiger partial charge >= 0.3 is 0 Å². The first-order chi connectivity index (χ1) is 11.4. The number of anilines is 1. The molecule has 1 aliphatic heterocycles. The van der Waals surface area contributed by atoms with Gasteiger partial charge in [0.05, 0.1) is 16.6 Å². The molecule has 1 aromatic carbocycles. The summed E-state index contributed by atoms with van der Waals surface area (Å²) in [6, 6.07) is 5.27. The van der Waals surface area contributed by atoms with Gasteiger partial charge in [0, 0.05) is 24.0 Å². The lowest BCUT2D eigenvalue weighted by Gasteiger charge is -2.27. The summed E-state index contributed by atoms with van der Waals surface area (Å²) in [5, 5.41) is 4.11. The van der Waals surface area contributed by atoms with Crippen LogP contribution in [0.4, 0.5) is 5.69 Å². The third kappa shape index (κ3) is 3.86. The minimum Gasteiger partial charge on any atom is -0.353 e. The zero-order valence-electron chi connectivity index (χ0n) is 13.7. The van der Waals surface area contributed by atoms with Crippen LogP contribution in [0.3, 0.4) is 0 Å². The highest BCUT2D eigenvalue weighted by molar-refractivity contribution is 6.35. The van der Waals surface area contributed by atoms with Crippen molar-refractivity contribution in [2.45, 2.75) is 45.1 Å². The molecule has 0 bridgehead atoms. The molecule has 1 N–H and O–H groups in total. The van der Waals surface area contributed by atoms with Gasteiger partial charge in [-0.15, -0.1) is 0 Å². The van der Waals surface area contributed by atoms with Gasteiger partial charge in [0.15, 0.2) is 0 Å². The largest absolute Gasteiger partial charge is 0.353 e. The van der Waals surface area contributed by atoms with Crippen LogP contribution >= 0.6 is 23.2 Å². The smallest absolute Gasteiger partial charge is 0.227 e. The van der Waals surface area contributed by atoms with Crippen LogP contribution in [-0.2, 0) is 9.59 Å². The Morgan fingerprint density at radius 1 is 1.21 bits per heavy atom. The van der Waals surface area contributed by atoms with E-state index in [2.05, 4.69) is 12.2 Å². The molecule has 6 heteroatoms. The number of hydrogen-bond acceptors (Lipinski definition) is 2. The van der Waals surface area contributed by atoms with Gasteiger partial charge in [-0.2, -0.15) is 0 Å². The molecule has 0 aromatic heterocycles. The summed E-state index contributed by atoms with van der Waals surface area (Å²) in [6.45, 7) is 2.61. The molecule has 1 aromatic rings. The van der Waals surface area contributed by atoms with E-state index in [1.54, 1.807) is 23.1 Å². The Hall–Kier alpha value is -1.26. The Morgan fingerprint density at radius 2 is 1.92 bits per heavy atom. The minimum atomic E-state index is -0.327. The van der Waals surface area contributed by atoms with E-state index in [4.69, 9.17) is 23.2 Å². The molecule has 2 amide bonds. The van der Waals surface area contributed by atoms with Gasteiger partial charge in [0.1, 0.15) is 0 Å². The van der Waals surface area contributed by atoms with Gasteiger partial charge in [-0.25, -0.2) is 0 Å². The van der Waals surface area contributed by atoms with Crippen molar-refractivity contribution in [3.63, 3.8) is 0 Å². The number of benzene rings is 1. The molecule has 4 nitrogen and oxygen atoms in total. The lowest BCUT2D eigenvalue weighted by Crippen LogP contribution is -2.41. The lowest BCUT2D eigenvalue weighted by molar-refractivity contribution is -0.127. The van der Waals surface area contributed by atoms with Crippen LogP contribution in [0, 0.1) is 11.8 Å². The highest BCUT2D eigenvalue weighted by Gasteiger charge is 2.36. The molecule has 0 spiro atoms. The molecule has 1 saturated heterocycles. The van der Waals surface area contributed by atoms with Gasteiger partial charge in [0.25, 0.3) is 0 Å². The van der Waals surface area contributed by atoms with E-state index in [9.17, 15) is 9.59 Å². The maximum atomic E-state index is 12.5. The Balaban J connectivity index is 1.64. The Kier molecular flexibility index (Phi) is 5.36. The third-order valence-corrected chi connectivity index (χ3v) is 5.61. The minimum absolute atomic E-state index is 0.0245. The average molecular weight is 369 g/mol. The molecule has 1 saturated carbocycles. The Morgan fingerprint density at radius 3 is 2.62 bits per heavy atom. The number of carbonyl (C=O) groups is 2. The number of nitrogens with one attached hydrogen (secondary N) is 1. The van der Waals surface area contributed by atoms with Crippen LogP contribution in [0.2, 0.25) is 10.0 Å². The van der Waals surface area contributed by atoms with Crippen LogP contribution in [-0.4, -0.2) is 24.4 Å². The number of rotatable bonds is 3. The van der Waals surface area contributed by atoms with Gasteiger partial charge < -0.3 is 10.2 Å². The van der Waals surface area contributed by atoms with E-state index in [1.165, 1.54) is 0 Å². The van der Waals surface area contributed by atoms with E-state index in [1.807, 2.05) is 0 Å². The van der Waals surface area contributed by atoms with Crippen molar-refractivity contribution < 1.29 is 9.59 Å². The average Bonchev–Trinajstić information content (AvgIpc) is 2.94. The van der Waals surface area contributed by atoms with Crippen molar-refractivity contribution in [1.82, 2.24) is 5.32 Å². The SMILES string of the molecule is CC1CCC(NC(=O)[C@H]2CC(=O)N(c3cc(Cl)ccc3Cl)C2)CC1. The second-order valence-electron chi connectivity index (χ2n) is 6.97. The van der Waals surface area contributed by atoms with Crippen molar-refractivity contribution in [1.29, 1.82) is 0 Å². The van der Waals surface area contributed by atoms with Gasteiger partial charge in [-0.1, -0.05) is 30.1 Å². The van der Waals surface area contributed by atoms with Crippen molar-refractivity contribution >= 4 is 40.7 Å². The molecule has 1 heterocycles. The van der Waals surface area contributed by atoms with E-state index in [0.717, 1.165) is 31.6 Å². The third-order valence-electron chi connectivity index (χ3n) is 5.06. The van der Waals surface area contributed by atoms with Crippen LogP contribution in [0.1, 0.15) is 39.0 Å². The fourth-order valence-electron chi connectivity index (χ4n) is 3.53. The number of nitrogens with zero attached hydrogens (tertiary/aromatic N) is 1. The molecule has 1 atom stereocenters. The molecule has 130 valence electrons. The summed E-state index contributed by atoms with van der Waals surface area (Å²) in [5.74, 6) is 0.304. The maximum absolute atomic E-state index is 12.5. The summed E-state index contributed by atoms with van der Waals surface area (Å²) in [7, 11) is 0. The van der Waals surface area contributed by atoms with Crippen LogP contribution in [0.25, 0.3) is 0 Å². The summed E-state index contributed by atoms with van der Waals surface area (Å²) in [4.78, 5) is 26.4. The molecule has 2 fully saturated rings. The Bertz CT molecular complexity index is 642. The second kappa shape index (κ2) is 7.32. The summed E-state index contributed by atoms with van der Waals surface area (Å²) >= 11 is 12.2. The van der Waals surface area contributed by atoms with Crippen molar-refractivity contribution in [3.8, 4) is 0 Å². The monoisotopic (exact) mass is 368 g/mol. The normalized spacial score (nSPS) is 27.4. The zero-order chi connectivity index (χ0) is 17.3. The maximum Gasteiger partial charge on any atom is 0.227 e. The molecule has 0 unspecified atom stereocenters. The summed E-state index contributed by atoms with van der Waals surface area (Å²) < 4.78 is 0. The fraction of sp³-hybridized carbons (Fsp3) is 0.556. The second-order valence-corrected chi connectivity index (χ2v) is 7.81. The van der Waals surface area contributed by atoms with E-state index >= 15 is 0 Å². The fourth-order valence-corrected chi connectivity index (χ4v) is 3.92. The highest BCUT2D eigenvalue weighted by Crippen LogP contribution is 2.33. The molecule has 3 rings (SSSR count). The van der Waals surface area contributed by atoms with Crippen LogP contribution in [0.5, 0.6) is 0 Å². The lowest BCUT2D eigenvalue weighted by atomic mass is 9.87. The highest BCUT2D eigenvalue weighted by atomic mass is 35.5. The summed E-state index contributed by atoms with van der Waals surface area (Å²) in [5.41, 5.74) is 0.580. The van der Waals surface area contributed by atoms with E-state index < -0.39 is 0 Å². The van der Waals surface area contributed by atoms with Crippen molar-refractivity contribution in [3.05, 3.63) is 28.2 Å². The van der Waals surface area contributed by atoms with E-state index in [-0.39, 0.29) is 30.2 Å². The Labute approximate surface area is 152 Å². The first-order valence-corrected chi connectivity index (χ1v) is 9.25. The predicted octanol–water partition coefficient (Wildman–Crippen LogP) is 4.04. The van der Waals surface area contributed by atoms with Gasteiger partial charge in [-0.05, 0) is 49.8 Å². The van der Waals surface area contributed by atoms with Crippen LogP contribution < -0.4 is 10.2 Å². The number of halogens is 2. The molecular formula is C18H22Cl2N2O2. The standard InChI is InChI=1S/C18H22Cl2N2O2/c1-11-2-5-14(6-3-11)21-18(24)12-8-17(23)22(10-12)16-9-13(19)4-7-15(16)20/h4,7,9,11-12,14H,2-3,5-6,8,10H2,1H3,(H,21,24)/t11?,12-,14?/m0/s1. The first kappa shape index (κ1) is 17.6. The number of carbonyl (C=O) groups excluding carboxylic acids is 2. The quantitative estimate of drug-likeness (QED) is 0.874. The number of amides is 2. The topological polar surface area (TPSA) is 49.4 Å². The van der Waals surface area contributed by atoms with E-state index in [0.29, 0.717) is 22.3 Å². The molecule has 2 aliphatic rings. The van der Waals surface area contributed by atoms with Crippen molar-refractivity contribution in [2.75, 3.05) is 11.4 Å². The molecular weight excluding hydrogens is 347 g/mol. The van der Waals surface area contributed by atoms with Gasteiger partial charge in [-0.3, -0.25) is 9.59 Å². The first-order valence-electron chi connectivity index (χ1n) is 8.50. The zero-order valence-corrected chi connectivity index (χ0v) is 15.2. The molecule has 0 radical (unpaired) electrons. The number of hydrogen-bond donors (Lipinski definition) is 1. The predicted molar refractivity (Wildman–Crippen MR) is 96.5 cm³/mol. The molecule has 1 aliphatic carbocycles. The van der Waals surface area contributed by atoms with Gasteiger partial charge in [0.2, 0.25) is 11.8 Å². The molecule has 24 heavy (non-hydrogen) atoms. The van der Waals surface area contributed by atoms with Crippen LogP contribution in [0.15, 0.2) is 18.2 Å². The van der Waals surface area contributed by atoms with Crippen molar-refractivity contribution in [2.24, 2.45) is 11.8 Å².